The highest BCUT2D eigenvalue weighted by atomic mass is 32.2. The molecule has 0 saturated heterocycles. The van der Waals surface area contributed by atoms with Gasteiger partial charge in [0.2, 0.25) is 10.0 Å². The van der Waals surface area contributed by atoms with E-state index in [0.717, 1.165) is 31.2 Å². The molecule has 34 heavy (non-hydrogen) atoms. The summed E-state index contributed by atoms with van der Waals surface area (Å²) in [4.78, 5) is 12.2. The number of carbonyl (C=O) groups is 1. The topological polar surface area (TPSA) is 83.9 Å². The minimum atomic E-state index is -3.75. The van der Waals surface area contributed by atoms with Crippen LogP contribution in [0.2, 0.25) is 0 Å². The maximum atomic E-state index is 13.6. The molecule has 0 spiro atoms. The number of benzene rings is 2. The Morgan fingerprint density at radius 2 is 2.00 bits per heavy atom. The highest BCUT2D eigenvalue weighted by molar-refractivity contribution is 7.89. The first-order valence-electron chi connectivity index (χ1n) is 11.8. The number of aliphatic hydroxyl groups is 1. The number of hydrogen-bond acceptors (Lipinski definition) is 5. The van der Waals surface area contributed by atoms with E-state index >= 15 is 0 Å². The number of sulfonamides is 1. The summed E-state index contributed by atoms with van der Waals surface area (Å²) in [7, 11) is -3.75. The molecule has 0 amide bonds. The molecule has 180 valence electrons. The van der Waals surface area contributed by atoms with Crippen LogP contribution < -0.4 is 0 Å². The number of rotatable bonds is 7. The zero-order chi connectivity index (χ0) is 24.3. The van der Waals surface area contributed by atoms with Crippen molar-refractivity contribution in [3.8, 4) is 11.8 Å². The molecule has 0 unspecified atom stereocenters. The largest absolute Gasteiger partial charge is 0.462 e. The van der Waals surface area contributed by atoms with Crippen molar-refractivity contribution in [2.75, 3.05) is 19.7 Å². The molecule has 2 aromatic carbocycles. The molecule has 2 aliphatic rings. The van der Waals surface area contributed by atoms with Gasteiger partial charge in [-0.1, -0.05) is 42.0 Å². The summed E-state index contributed by atoms with van der Waals surface area (Å²) in [6.45, 7) is 4.34. The summed E-state index contributed by atoms with van der Waals surface area (Å²) in [6.07, 6.45) is 3.11. The predicted molar refractivity (Wildman–Crippen MR) is 130 cm³/mol. The molecule has 4 rings (SSSR count). The molecule has 0 heterocycles. The van der Waals surface area contributed by atoms with Gasteiger partial charge in [-0.25, -0.2) is 13.2 Å². The third kappa shape index (κ3) is 5.20. The number of fused-ring (bicyclic) bond motifs is 1. The van der Waals surface area contributed by atoms with Gasteiger partial charge in [0.1, 0.15) is 0 Å². The lowest BCUT2D eigenvalue weighted by molar-refractivity contribution is 0.0526. The molecule has 2 aromatic rings. The summed E-state index contributed by atoms with van der Waals surface area (Å²) in [5.41, 5.74) is 1.85. The Morgan fingerprint density at radius 1 is 1.24 bits per heavy atom. The van der Waals surface area contributed by atoms with Crippen molar-refractivity contribution in [2.24, 2.45) is 11.3 Å². The second-order valence-corrected chi connectivity index (χ2v) is 11.3. The Hall–Kier alpha value is -2.66. The van der Waals surface area contributed by atoms with E-state index in [9.17, 15) is 18.3 Å². The van der Waals surface area contributed by atoms with Crippen LogP contribution in [0.4, 0.5) is 0 Å². The number of aliphatic hydroxyl groups excluding tert-OH is 1. The number of ether oxygens (including phenoxy) is 1. The number of aryl methyl sites for hydroxylation is 1. The van der Waals surface area contributed by atoms with Gasteiger partial charge in [-0.05, 0) is 74.8 Å². The first-order valence-corrected chi connectivity index (χ1v) is 13.2. The summed E-state index contributed by atoms with van der Waals surface area (Å²) >= 11 is 0. The number of esters is 1. The van der Waals surface area contributed by atoms with Gasteiger partial charge in [-0.2, -0.15) is 4.31 Å². The molecule has 0 bridgehead atoms. The van der Waals surface area contributed by atoms with E-state index in [0.29, 0.717) is 17.7 Å². The lowest BCUT2D eigenvalue weighted by Crippen LogP contribution is -2.39. The highest BCUT2D eigenvalue weighted by Crippen LogP contribution is 2.61. The number of nitrogens with zero attached hydrogens (tertiary/aromatic N) is 1. The number of carbonyl (C=O) groups excluding carboxylic acids is 1. The zero-order valence-electron chi connectivity index (χ0n) is 19.7. The summed E-state index contributed by atoms with van der Waals surface area (Å²) in [5, 5.41) is 10.3. The van der Waals surface area contributed by atoms with Gasteiger partial charge in [0, 0.05) is 12.1 Å². The molecule has 3 atom stereocenters. The molecule has 7 heteroatoms. The molecular weight excluding hydrogens is 450 g/mol. The van der Waals surface area contributed by atoms with Gasteiger partial charge in [-0.15, -0.1) is 0 Å². The highest BCUT2D eigenvalue weighted by Gasteiger charge is 2.59. The van der Waals surface area contributed by atoms with Crippen molar-refractivity contribution in [1.82, 2.24) is 4.31 Å². The van der Waals surface area contributed by atoms with Crippen molar-refractivity contribution >= 4 is 16.0 Å². The molecule has 0 radical (unpaired) electrons. The van der Waals surface area contributed by atoms with Crippen LogP contribution >= 0.6 is 0 Å². The smallest absolute Gasteiger partial charge is 0.338 e. The Balaban J connectivity index is 1.58. The van der Waals surface area contributed by atoms with Crippen LogP contribution in [0.15, 0.2) is 53.4 Å². The first-order chi connectivity index (χ1) is 16.2. The van der Waals surface area contributed by atoms with E-state index in [1.807, 2.05) is 6.92 Å². The molecule has 2 aliphatic carbocycles. The van der Waals surface area contributed by atoms with Crippen LogP contribution in [0.5, 0.6) is 0 Å². The van der Waals surface area contributed by atoms with Gasteiger partial charge >= 0.3 is 5.97 Å². The van der Waals surface area contributed by atoms with E-state index in [1.54, 1.807) is 55.5 Å². The third-order valence-corrected chi connectivity index (χ3v) is 8.71. The van der Waals surface area contributed by atoms with Crippen LogP contribution in [-0.2, 0) is 14.8 Å². The molecule has 2 saturated carbocycles. The van der Waals surface area contributed by atoms with Crippen molar-refractivity contribution in [1.29, 1.82) is 0 Å². The summed E-state index contributed by atoms with van der Waals surface area (Å²) in [5.74, 6) is 5.76. The third-order valence-electron chi connectivity index (χ3n) is 6.90. The Morgan fingerprint density at radius 3 is 2.74 bits per heavy atom. The maximum absolute atomic E-state index is 13.6. The van der Waals surface area contributed by atoms with E-state index in [-0.39, 0.29) is 35.5 Å². The predicted octanol–water partition coefficient (Wildman–Crippen LogP) is 3.77. The second kappa shape index (κ2) is 9.91. The minimum Gasteiger partial charge on any atom is -0.462 e. The Labute approximate surface area is 202 Å². The second-order valence-electron chi connectivity index (χ2n) is 9.32. The van der Waals surface area contributed by atoms with Crippen LogP contribution in [-0.4, -0.2) is 49.6 Å². The fraction of sp³-hybridized carbons (Fsp3) is 0.444. The lowest BCUT2D eigenvalue weighted by Gasteiger charge is -2.30. The van der Waals surface area contributed by atoms with E-state index in [1.165, 1.54) is 4.31 Å². The van der Waals surface area contributed by atoms with E-state index < -0.39 is 16.0 Å². The maximum Gasteiger partial charge on any atom is 0.338 e. The minimum absolute atomic E-state index is 0.0322. The fourth-order valence-electron chi connectivity index (χ4n) is 4.94. The van der Waals surface area contributed by atoms with Crippen molar-refractivity contribution < 1.29 is 23.1 Å². The Kier molecular flexibility index (Phi) is 7.13. The van der Waals surface area contributed by atoms with E-state index in [2.05, 4.69) is 11.8 Å². The normalized spacial score (nSPS) is 23.5. The molecular formula is C27H31NO5S. The van der Waals surface area contributed by atoms with Crippen molar-refractivity contribution in [3.05, 3.63) is 65.2 Å². The van der Waals surface area contributed by atoms with Crippen molar-refractivity contribution in [2.45, 2.75) is 50.5 Å². The van der Waals surface area contributed by atoms with Gasteiger partial charge in [0.25, 0.3) is 0 Å². The van der Waals surface area contributed by atoms with Crippen molar-refractivity contribution in [3.63, 3.8) is 0 Å². The van der Waals surface area contributed by atoms with Gasteiger partial charge in [0.05, 0.1) is 29.7 Å². The first kappa shape index (κ1) is 24.5. The van der Waals surface area contributed by atoms with Gasteiger partial charge < -0.3 is 9.84 Å². The molecule has 0 aliphatic heterocycles. The average Bonchev–Trinajstić information content (AvgIpc) is 3.55. The summed E-state index contributed by atoms with van der Waals surface area (Å²) < 4.78 is 33.6. The average molecular weight is 482 g/mol. The van der Waals surface area contributed by atoms with Crippen LogP contribution in [0.25, 0.3) is 0 Å². The Bertz CT molecular complexity index is 1210. The van der Waals surface area contributed by atoms with Crippen LogP contribution in [0.3, 0.4) is 0 Å². The number of hydrogen-bond donors (Lipinski definition) is 1. The van der Waals surface area contributed by atoms with Gasteiger partial charge in [0.15, 0.2) is 0 Å². The molecule has 1 N–H and O–H groups in total. The zero-order valence-corrected chi connectivity index (χ0v) is 20.5. The summed E-state index contributed by atoms with van der Waals surface area (Å²) in [6, 6.07) is 13.7. The molecule has 2 fully saturated rings. The monoisotopic (exact) mass is 481 g/mol. The van der Waals surface area contributed by atoms with Crippen LogP contribution in [0, 0.1) is 30.1 Å². The lowest BCUT2D eigenvalue weighted by atomic mass is 9.86. The van der Waals surface area contributed by atoms with Gasteiger partial charge in [-0.3, -0.25) is 0 Å². The molecule has 6 nitrogen and oxygen atoms in total. The quantitative estimate of drug-likeness (QED) is 0.481. The van der Waals surface area contributed by atoms with E-state index in [4.69, 9.17) is 4.74 Å². The van der Waals surface area contributed by atoms with Crippen LogP contribution in [0.1, 0.15) is 54.1 Å². The fourth-order valence-corrected chi connectivity index (χ4v) is 6.38. The molecule has 0 aromatic heterocycles. The SMILES string of the molecule is CCOC(=O)c1cccc(C#CCN(C[C@]23CCC[C@@H](O)[C@H]2C3)S(=O)(=O)c2ccc(C)cc2)c1. The standard InChI is InChI=1S/C27H31NO5S/c1-3-33-26(30)22-9-4-7-21(17-22)8-6-16-28(19-27-15-5-10-25(29)24(27)18-27)34(31,32)23-13-11-20(2)12-14-23/h4,7,9,11-14,17,24-25,29H,3,5,10,15-16,18-19H2,1-2H3/t24-,25-,27-/m1/s1.